The van der Waals surface area contributed by atoms with E-state index >= 15 is 0 Å². The van der Waals surface area contributed by atoms with Crippen molar-refractivity contribution in [1.29, 1.82) is 0 Å². The Balaban J connectivity index is 2.66. The van der Waals surface area contributed by atoms with Crippen LogP contribution < -0.4 is 0 Å². The van der Waals surface area contributed by atoms with Crippen LogP contribution in [-0.4, -0.2) is 13.1 Å². The Morgan fingerprint density at radius 3 is 2.78 bits per heavy atom. The third-order valence-corrected chi connectivity index (χ3v) is 0.924. The zero-order valence-electron chi connectivity index (χ0n) is 5.55. The molecule has 0 saturated heterocycles. The Morgan fingerprint density at radius 1 is 1.44 bits per heavy atom. The topological polar surface area (TPSA) is 35.5 Å². The van der Waals surface area contributed by atoms with Crippen molar-refractivity contribution in [2.75, 3.05) is 6.61 Å². The normalized spacial score (nSPS) is 9.00. The molecule has 0 fully saturated rings. The Bertz CT molecular complexity index is 63.3. The van der Waals surface area contributed by atoms with Gasteiger partial charge in [-0.1, -0.05) is 19.8 Å². The molecule has 0 aromatic heterocycles. The molecule has 3 heteroatoms. The summed E-state index contributed by atoms with van der Waals surface area (Å²) in [4.78, 5) is 17.6. The lowest BCUT2D eigenvalue weighted by atomic mass is 10.3. The highest BCUT2D eigenvalue weighted by Gasteiger charge is 1.86. The minimum atomic E-state index is 0.475. The molecule has 53 valence electrons. The van der Waals surface area contributed by atoms with Crippen molar-refractivity contribution in [2.24, 2.45) is 0 Å². The third-order valence-electron chi connectivity index (χ3n) is 0.924. The van der Waals surface area contributed by atoms with Crippen molar-refractivity contribution in [3.63, 3.8) is 0 Å². The third kappa shape index (κ3) is 7.43. The molecule has 0 aromatic rings. The monoisotopic (exact) mass is 131 g/mol. The van der Waals surface area contributed by atoms with E-state index in [4.69, 9.17) is 0 Å². The molecule has 0 heterocycles. The zero-order chi connectivity index (χ0) is 6.95. The number of rotatable bonds is 6. The minimum absolute atomic E-state index is 0.475. The van der Waals surface area contributed by atoms with Crippen LogP contribution in [0.25, 0.3) is 0 Å². The summed E-state index contributed by atoms with van der Waals surface area (Å²) >= 11 is 0. The Morgan fingerprint density at radius 2 is 2.22 bits per heavy atom. The average molecular weight is 131 g/mol. The average Bonchev–Trinajstić information content (AvgIpc) is 1.89. The van der Waals surface area contributed by atoms with Crippen molar-refractivity contribution in [3.8, 4) is 0 Å². The van der Waals surface area contributed by atoms with Gasteiger partial charge in [-0.15, -0.1) is 0 Å². The second-order valence-corrected chi connectivity index (χ2v) is 1.70. The summed E-state index contributed by atoms with van der Waals surface area (Å²) in [5, 5.41) is 0. The fourth-order valence-corrected chi connectivity index (χ4v) is 0.477. The van der Waals surface area contributed by atoms with E-state index in [1.807, 2.05) is 0 Å². The Hall–Kier alpha value is -0.570. The lowest BCUT2D eigenvalue weighted by Gasteiger charge is -1.94. The summed E-state index contributed by atoms with van der Waals surface area (Å²) < 4.78 is 0. The highest BCUT2D eigenvalue weighted by Crippen LogP contribution is 1.93. The minimum Gasteiger partial charge on any atom is -0.285 e. The van der Waals surface area contributed by atoms with Crippen LogP contribution in [0.4, 0.5) is 0 Å². The quantitative estimate of drug-likeness (QED) is 0.308. The molecule has 0 spiro atoms. The first kappa shape index (κ1) is 8.43. The summed E-state index contributed by atoms with van der Waals surface area (Å²) in [7, 11) is 0. The summed E-state index contributed by atoms with van der Waals surface area (Å²) in [6.45, 7) is 3.74. The number of hydrogen-bond acceptors (Lipinski definition) is 3. The van der Waals surface area contributed by atoms with Crippen molar-refractivity contribution < 1.29 is 14.6 Å². The smallest absolute Gasteiger partial charge is 0.285 e. The second kappa shape index (κ2) is 7.43. The molecular formula is C6H11O3. The Labute approximate surface area is 54.9 Å². The first-order chi connectivity index (χ1) is 4.41. The predicted molar refractivity (Wildman–Crippen MR) is 32.3 cm³/mol. The molecule has 0 aliphatic carbocycles. The molecular weight excluding hydrogens is 120 g/mol. The van der Waals surface area contributed by atoms with E-state index in [2.05, 4.69) is 16.7 Å². The largest absolute Gasteiger partial charge is 0.453 e. The van der Waals surface area contributed by atoms with Crippen LogP contribution in [0.3, 0.4) is 0 Å². The van der Waals surface area contributed by atoms with Gasteiger partial charge in [0.05, 0.1) is 6.61 Å². The van der Waals surface area contributed by atoms with Crippen LogP contribution in [0.1, 0.15) is 26.2 Å². The molecule has 0 bridgehead atoms. The van der Waals surface area contributed by atoms with Gasteiger partial charge in [-0.2, -0.15) is 4.89 Å². The van der Waals surface area contributed by atoms with Crippen LogP contribution in [-0.2, 0) is 14.6 Å². The summed E-state index contributed by atoms with van der Waals surface area (Å²) in [6.07, 6.45) is 3.16. The van der Waals surface area contributed by atoms with Crippen LogP contribution in [0, 0.1) is 0 Å². The fourth-order valence-electron chi connectivity index (χ4n) is 0.477. The molecule has 0 aromatic carbocycles. The molecule has 0 N–H and O–H groups in total. The van der Waals surface area contributed by atoms with Gasteiger partial charge < -0.3 is 0 Å². The number of hydrogen-bond donors (Lipinski definition) is 0. The predicted octanol–water partition coefficient (Wildman–Crippen LogP) is 1.19. The van der Waals surface area contributed by atoms with Gasteiger partial charge in [0, 0.05) is 0 Å². The molecule has 0 atom stereocenters. The Kier molecular flexibility index (Phi) is 6.96. The van der Waals surface area contributed by atoms with E-state index in [-0.39, 0.29) is 0 Å². The van der Waals surface area contributed by atoms with Crippen LogP contribution >= 0.6 is 0 Å². The van der Waals surface area contributed by atoms with Gasteiger partial charge >= 0.3 is 6.47 Å². The fraction of sp³-hybridized carbons (Fsp3) is 0.833. The molecule has 0 aliphatic rings. The van der Waals surface area contributed by atoms with Gasteiger partial charge in [-0.3, -0.25) is 4.89 Å². The maximum Gasteiger partial charge on any atom is 0.453 e. The second-order valence-electron chi connectivity index (χ2n) is 1.70. The van der Waals surface area contributed by atoms with Gasteiger partial charge in [-0.25, -0.2) is 4.79 Å². The first-order valence-electron chi connectivity index (χ1n) is 3.07. The van der Waals surface area contributed by atoms with E-state index in [0.29, 0.717) is 6.61 Å². The van der Waals surface area contributed by atoms with Gasteiger partial charge in [0.2, 0.25) is 0 Å². The van der Waals surface area contributed by atoms with E-state index < -0.39 is 0 Å². The van der Waals surface area contributed by atoms with Gasteiger partial charge in [-0.05, 0) is 6.42 Å². The van der Waals surface area contributed by atoms with Crippen molar-refractivity contribution in [2.45, 2.75) is 26.2 Å². The number of unbranched alkanes of at least 4 members (excludes halogenated alkanes) is 2. The van der Waals surface area contributed by atoms with Crippen LogP contribution in [0.15, 0.2) is 0 Å². The van der Waals surface area contributed by atoms with E-state index in [9.17, 15) is 4.79 Å². The summed E-state index contributed by atoms with van der Waals surface area (Å²) in [6, 6.07) is 0. The van der Waals surface area contributed by atoms with E-state index in [1.54, 1.807) is 0 Å². The number of carbonyl (C=O) groups excluding carboxylic acids is 1. The highest BCUT2D eigenvalue weighted by molar-refractivity contribution is 5.36. The van der Waals surface area contributed by atoms with E-state index in [1.165, 1.54) is 6.47 Å². The van der Waals surface area contributed by atoms with Gasteiger partial charge in [0.15, 0.2) is 0 Å². The lowest BCUT2D eigenvalue weighted by Crippen LogP contribution is -1.93. The standard InChI is InChI=1S/C6H11O3/c1-2-3-4-5-8-9-6-7/h2-5H2,1H3. The van der Waals surface area contributed by atoms with Crippen molar-refractivity contribution >= 4 is 6.47 Å². The van der Waals surface area contributed by atoms with Gasteiger partial charge in [0.1, 0.15) is 0 Å². The van der Waals surface area contributed by atoms with Crippen LogP contribution in [0.2, 0.25) is 0 Å². The molecule has 0 saturated carbocycles. The van der Waals surface area contributed by atoms with Crippen molar-refractivity contribution in [1.82, 2.24) is 0 Å². The maximum absolute atomic E-state index is 9.37. The molecule has 0 unspecified atom stereocenters. The van der Waals surface area contributed by atoms with Gasteiger partial charge in [0.25, 0.3) is 0 Å². The first-order valence-corrected chi connectivity index (χ1v) is 3.07. The summed E-state index contributed by atoms with van der Waals surface area (Å²) in [5.74, 6) is 0. The molecule has 9 heavy (non-hydrogen) atoms. The molecule has 0 aliphatic heterocycles. The van der Waals surface area contributed by atoms with Crippen molar-refractivity contribution in [3.05, 3.63) is 0 Å². The molecule has 3 nitrogen and oxygen atoms in total. The summed E-state index contributed by atoms with van der Waals surface area (Å²) in [5.41, 5.74) is 0. The van der Waals surface area contributed by atoms with Crippen LogP contribution in [0.5, 0.6) is 0 Å². The highest BCUT2D eigenvalue weighted by atomic mass is 17.2. The lowest BCUT2D eigenvalue weighted by molar-refractivity contribution is -0.222. The molecule has 0 rings (SSSR count). The zero-order valence-corrected chi connectivity index (χ0v) is 5.55. The molecule has 1 radical (unpaired) electrons. The SMILES string of the molecule is CCCCCOO[C]=O. The van der Waals surface area contributed by atoms with E-state index in [0.717, 1.165) is 19.3 Å². The molecule has 0 amide bonds. The maximum atomic E-state index is 9.37.